The number of carboxylic acids is 1. The molecule has 2 heterocycles. The Morgan fingerprint density at radius 3 is 2.76 bits per heavy atom. The highest BCUT2D eigenvalue weighted by atomic mass is 19.3. The molecule has 2 fully saturated rings. The Kier molecular flexibility index (Phi) is 6.67. The first-order chi connectivity index (χ1) is 16.1. The minimum absolute atomic E-state index is 0.0242. The van der Waals surface area contributed by atoms with Crippen LogP contribution in [0.15, 0.2) is 12.1 Å². The van der Waals surface area contributed by atoms with E-state index in [1.807, 2.05) is 0 Å². The minimum atomic E-state index is -2.74. The molecule has 2 saturated carbocycles. The highest BCUT2D eigenvalue weighted by molar-refractivity contribution is 5.70. The number of hydrogen-bond donors (Lipinski definition) is 2. The van der Waals surface area contributed by atoms with Crippen molar-refractivity contribution in [2.45, 2.75) is 57.6 Å². The Morgan fingerprint density at radius 1 is 1.32 bits per heavy atom. The third-order valence-electron chi connectivity index (χ3n) is 6.26. The van der Waals surface area contributed by atoms with Crippen molar-refractivity contribution < 1.29 is 33.0 Å². The van der Waals surface area contributed by atoms with E-state index >= 15 is 0 Å². The molecule has 12 heteroatoms. The number of aryl methyl sites for hydroxylation is 2. The molecule has 0 aliphatic heterocycles. The quantitative estimate of drug-likeness (QED) is 0.591. The first-order valence-corrected chi connectivity index (χ1v) is 11.2. The van der Waals surface area contributed by atoms with E-state index in [0.717, 1.165) is 12.8 Å². The number of nitrogens with zero attached hydrogens (tertiary/aromatic N) is 4. The van der Waals surface area contributed by atoms with Crippen LogP contribution in [0.1, 0.15) is 43.5 Å². The summed E-state index contributed by atoms with van der Waals surface area (Å²) in [4.78, 5) is 27.8. The number of carbonyl (C=O) groups is 2. The first kappa shape index (κ1) is 23.8. The van der Waals surface area contributed by atoms with Crippen LogP contribution in [-0.2, 0) is 23.1 Å². The molecule has 10 nitrogen and oxygen atoms in total. The second kappa shape index (κ2) is 9.51. The number of nitrogens with one attached hydrogen (secondary N) is 1. The summed E-state index contributed by atoms with van der Waals surface area (Å²) >= 11 is 0. The summed E-state index contributed by atoms with van der Waals surface area (Å²) in [6, 6.07) is 3.48. The minimum Gasteiger partial charge on any atom is -0.489 e. The fraction of sp³-hybridized carbons (Fsp3) is 0.591. The number of alkyl carbamates (subject to hydrolysis) is 1. The predicted octanol–water partition coefficient (Wildman–Crippen LogP) is 3.09. The summed E-state index contributed by atoms with van der Waals surface area (Å²) in [6.07, 6.45) is 1.48. The van der Waals surface area contributed by atoms with Gasteiger partial charge in [-0.2, -0.15) is 0 Å². The maximum absolute atomic E-state index is 12.9. The van der Waals surface area contributed by atoms with Gasteiger partial charge in [0.2, 0.25) is 0 Å². The molecule has 2 aromatic heterocycles. The number of amides is 1. The largest absolute Gasteiger partial charge is 0.489 e. The molecule has 0 bridgehead atoms. The smallest absolute Gasteiger partial charge is 0.407 e. The Labute approximate surface area is 194 Å². The zero-order valence-corrected chi connectivity index (χ0v) is 19.0. The summed E-state index contributed by atoms with van der Waals surface area (Å²) in [5.41, 5.74) is 2.15. The van der Waals surface area contributed by atoms with Crippen molar-refractivity contribution in [2.24, 2.45) is 18.9 Å². The fourth-order valence-corrected chi connectivity index (χ4v) is 4.07. The molecule has 184 valence electrons. The molecule has 0 spiro atoms. The monoisotopic (exact) mass is 479 g/mol. The predicted molar refractivity (Wildman–Crippen MR) is 114 cm³/mol. The number of ether oxygens (including phenoxy) is 2. The van der Waals surface area contributed by atoms with Crippen LogP contribution in [-0.4, -0.2) is 55.8 Å². The Bertz CT molecular complexity index is 1080. The molecular weight excluding hydrogens is 452 g/mol. The molecule has 0 saturated heterocycles. The lowest BCUT2D eigenvalue weighted by molar-refractivity contribution is -0.143. The standard InChI is InChI=1S/C22H27F2N5O5/c1-12-18(34-15-5-3-4-13(8-15)20(30)31)7-6-16(26-12)19-17(29(2)28-27-19)10-25-21(32)33-11-14-9-22(14,23)24/h6-7,13-15H,3-5,8-11H2,1-2H3,(H,25,32)(H,30,31)/t13-,14-,15-/m0/s1. The molecule has 2 aliphatic rings. The lowest BCUT2D eigenvalue weighted by atomic mass is 9.87. The maximum atomic E-state index is 12.9. The van der Waals surface area contributed by atoms with Crippen LogP contribution in [0.25, 0.3) is 11.4 Å². The van der Waals surface area contributed by atoms with Gasteiger partial charge < -0.3 is 19.9 Å². The third kappa shape index (κ3) is 5.42. The van der Waals surface area contributed by atoms with E-state index in [-0.39, 0.29) is 25.7 Å². The van der Waals surface area contributed by atoms with Crippen molar-refractivity contribution >= 4 is 12.1 Å². The van der Waals surface area contributed by atoms with Crippen LogP contribution in [0, 0.1) is 18.8 Å². The molecule has 2 aliphatic carbocycles. The van der Waals surface area contributed by atoms with Crippen LogP contribution in [0.3, 0.4) is 0 Å². The van der Waals surface area contributed by atoms with Crippen molar-refractivity contribution in [1.82, 2.24) is 25.3 Å². The zero-order valence-electron chi connectivity index (χ0n) is 19.0. The van der Waals surface area contributed by atoms with E-state index in [1.165, 1.54) is 4.68 Å². The van der Waals surface area contributed by atoms with Crippen molar-refractivity contribution in [3.05, 3.63) is 23.5 Å². The summed E-state index contributed by atoms with van der Waals surface area (Å²) in [5, 5.41) is 19.9. The highest BCUT2D eigenvalue weighted by Crippen LogP contribution is 2.48. The number of carbonyl (C=O) groups excluding carboxylic acids is 1. The average Bonchev–Trinajstić information content (AvgIpc) is 3.24. The van der Waals surface area contributed by atoms with Gasteiger partial charge in [-0.05, 0) is 44.7 Å². The van der Waals surface area contributed by atoms with Gasteiger partial charge in [0, 0.05) is 13.5 Å². The molecule has 3 atom stereocenters. The number of rotatable bonds is 8. The average molecular weight is 479 g/mol. The van der Waals surface area contributed by atoms with E-state index < -0.39 is 29.8 Å². The molecule has 2 N–H and O–H groups in total. The van der Waals surface area contributed by atoms with Crippen LogP contribution in [0.5, 0.6) is 5.75 Å². The van der Waals surface area contributed by atoms with Gasteiger partial charge in [0.25, 0.3) is 5.92 Å². The second-order valence-electron chi connectivity index (χ2n) is 8.84. The van der Waals surface area contributed by atoms with Crippen LogP contribution < -0.4 is 10.1 Å². The van der Waals surface area contributed by atoms with E-state index in [0.29, 0.717) is 41.4 Å². The van der Waals surface area contributed by atoms with E-state index in [4.69, 9.17) is 9.47 Å². The van der Waals surface area contributed by atoms with E-state index in [1.54, 1.807) is 26.1 Å². The number of aliphatic carboxylic acids is 1. The Morgan fingerprint density at radius 2 is 2.09 bits per heavy atom. The lowest BCUT2D eigenvalue weighted by Gasteiger charge is -2.27. The molecule has 0 aromatic carbocycles. The number of alkyl halides is 2. The number of carboxylic acid groups (broad SMARTS) is 1. The van der Waals surface area contributed by atoms with Gasteiger partial charge in [-0.25, -0.2) is 23.2 Å². The number of pyridine rings is 1. The van der Waals surface area contributed by atoms with Gasteiger partial charge in [0.15, 0.2) is 0 Å². The highest BCUT2D eigenvalue weighted by Gasteiger charge is 2.57. The van der Waals surface area contributed by atoms with Gasteiger partial charge in [-0.15, -0.1) is 5.10 Å². The third-order valence-corrected chi connectivity index (χ3v) is 6.26. The van der Waals surface area contributed by atoms with Crippen molar-refractivity contribution in [2.75, 3.05) is 6.61 Å². The van der Waals surface area contributed by atoms with Crippen molar-refractivity contribution in [1.29, 1.82) is 0 Å². The topological polar surface area (TPSA) is 128 Å². The van der Waals surface area contributed by atoms with Gasteiger partial charge in [-0.3, -0.25) is 4.79 Å². The summed E-state index contributed by atoms with van der Waals surface area (Å²) < 4.78 is 38.2. The van der Waals surface area contributed by atoms with Crippen LogP contribution in [0.4, 0.5) is 13.6 Å². The van der Waals surface area contributed by atoms with Gasteiger partial charge in [0.05, 0.1) is 41.6 Å². The van der Waals surface area contributed by atoms with Crippen LogP contribution >= 0.6 is 0 Å². The van der Waals surface area contributed by atoms with Crippen molar-refractivity contribution in [3.63, 3.8) is 0 Å². The number of aromatic nitrogens is 4. The molecule has 4 rings (SSSR count). The molecule has 34 heavy (non-hydrogen) atoms. The fourth-order valence-electron chi connectivity index (χ4n) is 4.07. The van der Waals surface area contributed by atoms with Crippen molar-refractivity contribution in [3.8, 4) is 17.1 Å². The summed E-state index contributed by atoms with van der Waals surface area (Å²) in [6.45, 7) is 1.48. The number of halogens is 2. The number of hydrogen-bond acceptors (Lipinski definition) is 7. The lowest BCUT2D eigenvalue weighted by Crippen LogP contribution is -2.29. The second-order valence-corrected chi connectivity index (χ2v) is 8.84. The Hall–Kier alpha value is -3.31. The van der Waals surface area contributed by atoms with E-state index in [9.17, 15) is 23.5 Å². The first-order valence-electron chi connectivity index (χ1n) is 11.2. The van der Waals surface area contributed by atoms with E-state index in [2.05, 4.69) is 20.6 Å². The zero-order chi connectivity index (χ0) is 24.5. The van der Waals surface area contributed by atoms with Gasteiger partial charge in [0.1, 0.15) is 18.1 Å². The van der Waals surface area contributed by atoms with Gasteiger partial charge in [-0.1, -0.05) is 5.21 Å². The summed E-state index contributed by atoms with van der Waals surface area (Å²) in [7, 11) is 1.66. The maximum Gasteiger partial charge on any atom is 0.407 e. The normalized spacial score (nSPS) is 23.2. The molecule has 0 radical (unpaired) electrons. The molecular formula is C22H27F2N5O5. The van der Waals surface area contributed by atoms with Crippen LogP contribution in [0.2, 0.25) is 0 Å². The van der Waals surface area contributed by atoms with Gasteiger partial charge >= 0.3 is 12.1 Å². The molecule has 1 amide bonds. The Balaban J connectivity index is 1.38. The molecule has 0 unspecified atom stereocenters. The summed E-state index contributed by atoms with van der Waals surface area (Å²) in [5.74, 6) is -4.27. The SMILES string of the molecule is Cc1nc(-c2nnn(C)c2CNC(=O)OC[C@@H]2CC2(F)F)ccc1O[C@H]1CCC[C@H](C(=O)O)C1. The molecule has 2 aromatic rings.